The molecule has 1 aliphatic rings. The third-order valence-corrected chi connectivity index (χ3v) is 4.06. The number of hydrogen-bond acceptors (Lipinski definition) is 3. The van der Waals surface area contributed by atoms with E-state index in [2.05, 4.69) is 4.90 Å². The molecule has 5 heteroatoms. The smallest absolute Gasteiger partial charge is 0.106 e. The van der Waals surface area contributed by atoms with Gasteiger partial charge in [-0.05, 0) is 43.9 Å². The summed E-state index contributed by atoms with van der Waals surface area (Å²) >= 11 is 11.2. The molecule has 0 heterocycles. The number of anilines is 1. The molecule has 104 valence electrons. The van der Waals surface area contributed by atoms with Gasteiger partial charge in [0.25, 0.3) is 0 Å². The Bertz CT molecular complexity index is 463. The molecule has 0 aromatic heterocycles. The fourth-order valence-electron chi connectivity index (χ4n) is 2.39. The Kier molecular flexibility index (Phi) is 5.02. The van der Waals surface area contributed by atoms with E-state index < -0.39 is 0 Å². The van der Waals surface area contributed by atoms with E-state index in [1.54, 1.807) is 0 Å². The third kappa shape index (κ3) is 3.38. The molecule has 2 rings (SSSR count). The van der Waals surface area contributed by atoms with Crippen molar-refractivity contribution in [2.45, 2.75) is 31.7 Å². The Morgan fingerprint density at radius 1 is 1.47 bits per heavy atom. The fourth-order valence-corrected chi connectivity index (χ4v) is 2.73. The maximum Gasteiger partial charge on any atom is 0.106 e. The van der Waals surface area contributed by atoms with Crippen molar-refractivity contribution in [2.24, 2.45) is 5.73 Å². The predicted molar refractivity (Wildman–Crippen MR) is 84.0 cm³/mol. The number of nitrogens with two attached hydrogens (primary N) is 1. The Morgan fingerprint density at radius 2 is 2.21 bits per heavy atom. The van der Waals surface area contributed by atoms with E-state index >= 15 is 0 Å². The van der Waals surface area contributed by atoms with Crippen LogP contribution in [-0.2, 0) is 0 Å². The van der Waals surface area contributed by atoms with Crippen molar-refractivity contribution in [2.75, 3.05) is 18.1 Å². The van der Waals surface area contributed by atoms with E-state index in [4.69, 9.17) is 34.7 Å². The van der Waals surface area contributed by atoms with Crippen molar-refractivity contribution in [3.05, 3.63) is 28.8 Å². The summed E-state index contributed by atoms with van der Waals surface area (Å²) in [6.07, 6.45) is 4.34. The molecule has 0 aliphatic heterocycles. The van der Waals surface area contributed by atoms with Crippen LogP contribution in [-0.4, -0.2) is 29.3 Å². The number of hydrogen-bond donors (Lipinski definition) is 2. The number of rotatable bonds is 6. The second-order valence-electron chi connectivity index (χ2n) is 4.88. The van der Waals surface area contributed by atoms with Crippen LogP contribution < -0.4 is 10.6 Å². The Morgan fingerprint density at radius 3 is 2.74 bits per heavy atom. The molecule has 0 radical (unpaired) electrons. The molecule has 3 nitrogen and oxygen atoms in total. The molecule has 1 aromatic carbocycles. The average Bonchev–Trinajstić information content (AvgIpc) is 2.31. The van der Waals surface area contributed by atoms with Crippen LogP contribution in [0, 0.1) is 0 Å². The first-order chi connectivity index (χ1) is 9.13. The minimum atomic E-state index is 0.187. The van der Waals surface area contributed by atoms with Crippen LogP contribution in [0.4, 0.5) is 5.69 Å². The van der Waals surface area contributed by atoms with Gasteiger partial charge in [-0.2, -0.15) is 0 Å². The topological polar surface area (TPSA) is 49.5 Å². The maximum absolute atomic E-state index is 9.06. The molecule has 3 N–H and O–H groups in total. The van der Waals surface area contributed by atoms with Crippen molar-refractivity contribution < 1.29 is 5.11 Å². The van der Waals surface area contributed by atoms with Crippen molar-refractivity contribution >= 4 is 34.5 Å². The quantitative estimate of drug-likeness (QED) is 0.793. The lowest BCUT2D eigenvalue weighted by Gasteiger charge is -2.40. The SMILES string of the molecule is NC(=S)c1ccc(Cl)cc1N(CCCO)C1CCC1. The van der Waals surface area contributed by atoms with Gasteiger partial charge in [-0.15, -0.1) is 0 Å². The summed E-state index contributed by atoms with van der Waals surface area (Å²) in [6, 6.07) is 6.12. The normalized spacial score (nSPS) is 15.1. The minimum Gasteiger partial charge on any atom is -0.396 e. The largest absolute Gasteiger partial charge is 0.396 e. The Labute approximate surface area is 124 Å². The summed E-state index contributed by atoms with van der Waals surface area (Å²) in [7, 11) is 0. The summed E-state index contributed by atoms with van der Waals surface area (Å²) < 4.78 is 0. The number of benzene rings is 1. The zero-order valence-electron chi connectivity index (χ0n) is 10.8. The lowest BCUT2D eigenvalue weighted by molar-refractivity contribution is 0.283. The summed E-state index contributed by atoms with van der Waals surface area (Å²) in [5.74, 6) is 0. The van der Waals surface area contributed by atoms with Gasteiger partial charge in [0.2, 0.25) is 0 Å². The highest BCUT2D eigenvalue weighted by Gasteiger charge is 2.26. The molecular weight excluding hydrogens is 280 g/mol. The lowest BCUT2D eigenvalue weighted by Crippen LogP contribution is -2.42. The van der Waals surface area contributed by atoms with E-state index in [9.17, 15) is 0 Å². The van der Waals surface area contributed by atoms with Crippen LogP contribution >= 0.6 is 23.8 Å². The number of halogens is 1. The van der Waals surface area contributed by atoms with Gasteiger partial charge in [0.05, 0.1) is 0 Å². The van der Waals surface area contributed by atoms with Gasteiger partial charge in [-0.1, -0.05) is 23.8 Å². The average molecular weight is 299 g/mol. The van der Waals surface area contributed by atoms with Gasteiger partial charge in [-0.3, -0.25) is 0 Å². The van der Waals surface area contributed by atoms with Crippen LogP contribution in [0.5, 0.6) is 0 Å². The number of aliphatic hydroxyl groups excluding tert-OH is 1. The molecule has 0 unspecified atom stereocenters. The molecule has 0 spiro atoms. The summed E-state index contributed by atoms with van der Waals surface area (Å²) in [5, 5.41) is 9.75. The molecular formula is C14H19ClN2OS. The zero-order chi connectivity index (χ0) is 13.8. The highest BCUT2D eigenvalue weighted by Crippen LogP contribution is 2.33. The van der Waals surface area contributed by atoms with Gasteiger partial charge >= 0.3 is 0 Å². The molecule has 1 aliphatic carbocycles. The van der Waals surface area contributed by atoms with Gasteiger partial charge in [-0.25, -0.2) is 0 Å². The van der Waals surface area contributed by atoms with E-state index in [1.165, 1.54) is 19.3 Å². The van der Waals surface area contributed by atoms with Crippen LogP contribution in [0.25, 0.3) is 0 Å². The van der Waals surface area contributed by atoms with Crippen LogP contribution in [0.15, 0.2) is 18.2 Å². The van der Waals surface area contributed by atoms with Crippen molar-refractivity contribution in [3.8, 4) is 0 Å². The van der Waals surface area contributed by atoms with E-state index in [0.717, 1.165) is 24.2 Å². The molecule has 0 amide bonds. The number of thiocarbonyl (C=S) groups is 1. The van der Waals surface area contributed by atoms with Gasteiger partial charge < -0.3 is 15.7 Å². The summed E-state index contributed by atoms with van der Waals surface area (Å²) in [6.45, 7) is 0.989. The van der Waals surface area contributed by atoms with E-state index in [-0.39, 0.29) is 6.61 Å². The number of nitrogens with zero attached hydrogens (tertiary/aromatic N) is 1. The molecule has 1 aromatic rings. The fraction of sp³-hybridized carbons (Fsp3) is 0.500. The molecule has 0 atom stereocenters. The molecule has 19 heavy (non-hydrogen) atoms. The maximum atomic E-state index is 9.06. The lowest BCUT2D eigenvalue weighted by atomic mass is 9.90. The first kappa shape index (κ1) is 14.6. The van der Waals surface area contributed by atoms with Gasteiger partial charge in [0.15, 0.2) is 0 Å². The third-order valence-electron chi connectivity index (χ3n) is 3.61. The Hall–Kier alpha value is -0.840. The van der Waals surface area contributed by atoms with E-state index in [0.29, 0.717) is 16.1 Å². The predicted octanol–water partition coefficient (Wildman–Crippen LogP) is 2.72. The van der Waals surface area contributed by atoms with E-state index in [1.807, 2.05) is 18.2 Å². The minimum absolute atomic E-state index is 0.187. The van der Waals surface area contributed by atoms with Crippen molar-refractivity contribution in [1.29, 1.82) is 0 Å². The molecule has 1 saturated carbocycles. The zero-order valence-corrected chi connectivity index (χ0v) is 12.4. The second-order valence-corrected chi connectivity index (χ2v) is 5.76. The highest BCUT2D eigenvalue weighted by atomic mass is 35.5. The summed E-state index contributed by atoms with van der Waals surface area (Å²) in [5.41, 5.74) is 7.67. The van der Waals surface area contributed by atoms with Crippen LogP contribution in [0.2, 0.25) is 5.02 Å². The first-order valence-electron chi connectivity index (χ1n) is 6.60. The number of aliphatic hydroxyl groups is 1. The monoisotopic (exact) mass is 298 g/mol. The van der Waals surface area contributed by atoms with Crippen molar-refractivity contribution in [3.63, 3.8) is 0 Å². The van der Waals surface area contributed by atoms with Crippen LogP contribution in [0.1, 0.15) is 31.2 Å². The Balaban J connectivity index is 2.33. The van der Waals surface area contributed by atoms with Gasteiger partial charge in [0.1, 0.15) is 4.99 Å². The van der Waals surface area contributed by atoms with Gasteiger partial charge in [0, 0.05) is 35.5 Å². The van der Waals surface area contributed by atoms with Crippen LogP contribution in [0.3, 0.4) is 0 Å². The molecule has 0 saturated heterocycles. The first-order valence-corrected chi connectivity index (χ1v) is 7.39. The molecule has 1 fully saturated rings. The summed E-state index contributed by atoms with van der Waals surface area (Å²) in [4.78, 5) is 2.68. The standard InChI is InChI=1S/C14H19ClN2OS/c15-10-5-6-12(14(16)19)13(9-10)17(7-2-8-18)11-3-1-4-11/h5-6,9,11,18H,1-4,7-8H2,(H2,16,19). The molecule has 0 bridgehead atoms. The second kappa shape index (κ2) is 6.55. The highest BCUT2D eigenvalue weighted by molar-refractivity contribution is 7.80. The van der Waals surface area contributed by atoms with Crippen molar-refractivity contribution in [1.82, 2.24) is 0 Å².